The van der Waals surface area contributed by atoms with Gasteiger partial charge in [-0.25, -0.2) is 0 Å². The Hall–Kier alpha value is -0.570. The predicted octanol–water partition coefficient (Wildman–Crippen LogP) is 3.37. The number of hydrogen-bond acceptors (Lipinski definition) is 2. The summed E-state index contributed by atoms with van der Waals surface area (Å²) in [4.78, 5) is 12.3. The molecule has 0 bridgehead atoms. The number of nitrogens with one attached hydrogen (secondary N) is 1. The summed E-state index contributed by atoms with van der Waals surface area (Å²) in [6, 6.07) is 0.747. The van der Waals surface area contributed by atoms with E-state index < -0.39 is 0 Å². The van der Waals surface area contributed by atoms with Crippen molar-refractivity contribution >= 4 is 5.91 Å². The molecule has 0 aromatic carbocycles. The second-order valence-electron chi connectivity index (χ2n) is 6.98. The summed E-state index contributed by atoms with van der Waals surface area (Å²) >= 11 is 0. The number of unbranched alkanes of at least 4 members (excludes halogenated alkanes) is 1. The molecule has 2 aliphatic carbocycles. The SMILES string of the molecule is CCCCC1CCC(C(=O)NC2CCC(N)CC2)CC1. The lowest BCUT2D eigenvalue weighted by Crippen LogP contribution is -2.43. The van der Waals surface area contributed by atoms with Gasteiger partial charge < -0.3 is 11.1 Å². The molecule has 116 valence electrons. The fourth-order valence-electron chi connectivity index (χ4n) is 3.79. The minimum absolute atomic E-state index is 0.281. The van der Waals surface area contributed by atoms with Crippen LogP contribution in [-0.4, -0.2) is 18.0 Å². The molecule has 0 saturated heterocycles. The number of rotatable bonds is 5. The minimum Gasteiger partial charge on any atom is -0.353 e. The molecular weight excluding hydrogens is 248 g/mol. The monoisotopic (exact) mass is 280 g/mol. The van der Waals surface area contributed by atoms with Crippen LogP contribution in [0.2, 0.25) is 0 Å². The predicted molar refractivity (Wildman–Crippen MR) is 83.3 cm³/mol. The summed E-state index contributed by atoms with van der Waals surface area (Å²) in [6.45, 7) is 2.26. The van der Waals surface area contributed by atoms with E-state index in [-0.39, 0.29) is 5.92 Å². The van der Waals surface area contributed by atoms with Crippen molar-refractivity contribution in [3.63, 3.8) is 0 Å². The van der Waals surface area contributed by atoms with E-state index >= 15 is 0 Å². The summed E-state index contributed by atoms with van der Waals surface area (Å²) < 4.78 is 0. The summed E-state index contributed by atoms with van der Waals surface area (Å²) in [5.41, 5.74) is 5.91. The van der Waals surface area contributed by atoms with Gasteiger partial charge in [-0.3, -0.25) is 4.79 Å². The molecule has 20 heavy (non-hydrogen) atoms. The number of amides is 1. The van der Waals surface area contributed by atoms with Gasteiger partial charge in [0, 0.05) is 18.0 Å². The Bertz CT molecular complexity index is 289. The highest BCUT2D eigenvalue weighted by molar-refractivity contribution is 5.79. The molecule has 0 radical (unpaired) electrons. The molecule has 0 aromatic heterocycles. The molecule has 3 N–H and O–H groups in total. The van der Waals surface area contributed by atoms with E-state index in [1.165, 1.54) is 32.1 Å². The standard InChI is InChI=1S/C17H32N2O/c1-2-3-4-13-5-7-14(8-6-13)17(20)19-16-11-9-15(18)10-12-16/h13-16H,2-12,18H2,1H3,(H,19,20). The van der Waals surface area contributed by atoms with E-state index in [4.69, 9.17) is 5.73 Å². The molecule has 2 aliphatic rings. The van der Waals surface area contributed by atoms with Crippen LogP contribution >= 0.6 is 0 Å². The zero-order valence-corrected chi connectivity index (χ0v) is 13.1. The first-order chi connectivity index (χ1) is 9.69. The maximum atomic E-state index is 12.3. The highest BCUT2D eigenvalue weighted by atomic mass is 16.1. The highest BCUT2D eigenvalue weighted by Gasteiger charge is 2.28. The van der Waals surface area contributed by atoms with Crippen LogP contribution in [0.5, 0.6) is 0 Å². The molecule has 2 rings (SSSR count). The van der Waals surface area contributed by atoms with Gasteiger partial charge in [0.25, 0.3) is 0 Å². The molecule has 1 amide bonds. The van der Waals surface area contributed by atoms with Crippen LogP contribution in [0.15, 0.2) is 0 Å². The Morgan fingerprint density at radius 1 is 1.05 bits per heavy atom. The topological polar surface area (TPSA) is 55.1 Å². The van der Waals surface area contributed by atoms with E-state index in [1.54, 1.807) is 0 Å². The molecule has 0 spiro atoms. The van der Waals surface area contributed by atoms with E-state index in [0.717, 1.165) is 44.4 Å². The first-order valence-corrected chi connectivity index (χ1v) is 8.75. The maximum Gasteiger partial charge on any atom is 0.223 e. The minimum atomic E-state index is 0.281. The molecular formula is C17H32N2O. The molecule has 0 heterocycles. The largest absolute Gasteiger partial charge is 0.353 e. The van der Waals surface area contributed by atoms with Gasteiger partial charge in [-0.05, 0) is 57.3 Å². The first-order valence-electron chi connectivity index (χ1n) is 8.75. The molecule has 3 nitrogen and oxygen atoms in total. The van der Waals surface area contributed by atoms with Gasteiger partial charge in [0.15, 0.2) is 0 Å². The summed E-state index contributed by atoms with van der Waals surface area (Å²) in [5.74, 6) is 1.48. The molecule has 2 fully saturated rings. The number of carbonyl (C=O) groups is 1. The third kappa shape index (κ3) is 4.76. The Morgan fingerprint density at radius 2 is 1.70 bits per heavy atom. The first kappa shape index (κ1) is 15.8. The van der Waals surface area contributed by atoms with Gasteiger partial charge in [-0.2, -0.15) is 0 Å². The molecule has 0 aliphatic heterocycles. The Kier molecular flexibility index (Phi) is 6.34. The molecule has 0 unspecified atom stereocenters. The average Bonchev–Trinajstić information content (AvgIpc) is 2.48. The van der Waals surface area contributed by atoms with Crippen molar-refractivity contribution in [2.24, 2.45) is 17.6 Å². The van der Waals surface area contributed by atoms with Crippen LogP contribution in [0.1, 0.15) is 77.6 Å². The summed E-state index contributed by atoms with van der Waals surface area (Å²) in [7, 11) is 0. The van der Waals surface area contributed by atoms with Gasteiger partial charge >= 0.3 is 0 Å². The Morgan fingerprint density at radius 3 is 2.30 bits per heavy atom. The van der Waals surface area contributed by atoms with E-state index in [9.17, 15) is 4.79 Å². The lowest BCUT2D eigenvalue weighted by molar-refractivity contribution is -0.127. The Labute approximate surface area is 124 Å². The van der Waals surface area contributed by atoms with Crippen molar-refractivity contribution in [3.05, 3.63) is 0 Å². The van der Waals surface area contributed by atoms with Crippen molar-refractivity contribution in [2.45, 2.75) is 89.6 Å². The van der Waals surface area contributed by atoms with Crippen molar-refractivity contribution in [1.29, 1.82) is 0 Å². The number of carbonyl (C=O) groups excluding carboxylic acids is 1. The van der Waals surface area contributed by atoms with E-state index in [0.29, 0.717) is 18.0 Å². The van der Waals surface area contributed by atoms with Crippen LogP contribution in [0.4, 0.5) is 0 Å². The zero-order valence-electron chi connectivity index (χ0n) is 13.1. The third-order valence-corrected chi connectivity index (χ3v) is 5.30. The summed E-state index contributed by atoms with van der Waals surface area (Å²) in [6.07, 6.45) is 13.0. The van der Waals surface area contributed by atoms with Gasteiger partial charge in [0.05, 0.1) is 0 Å². The van der Waals surface area contributed by atoms with Crippen LogP contribution in [0.3, 0.4) is 0 Å². The maximum absolute atomic E-state index is 12.3. The Balaban J connectivity index is 1.66. The normalized spacial score (nSPS) is 34.7. The van der Waals surface area contributed by atoms with Crippen LogP contribution in [0, 0.1) is 11.8 Å². The second-order valence-corrected chi connectivity index (χ2v) is 6.98. The van der Waals surface area contributed by atoms with Crippen molar-refractivity contribution in [1.82, 2.24) is 5.32 Å². The fourth-order valence-corrected chi connectivity index (χ4v) is 3.79. The number of hydrogen-bond donors (Lipinski definition) is 2. The summed E-state index contributed by atoms with van der Waals surface area (Å²) in [5, 5.41) is 3.27. The van der Waals surface area contributed by atoms with Crippen LogP contribution < -0.4 is 11.1 Å². The lowest BCUT2D eigenvalue weighted by Gasteiger charge is -2.31. The van der Waals surface area contributed by atoms with Crippen molar-refractivity contribution in [2.75, 3.05) is 0 Å². The average molecular weight is 280 g/mol. The van der Waals surface area contributed by atoms with Gasteiger partial charge in [-0.1, -0.05) is 26.2 Å². The molecule has 3 heteroatoms. The van der Waals surface area contributed by atoms with Crippen molar-refractivity contribution in [3.8, 4) is 0 Å². The number of nitrogens with two attached hydrogens (primary N) is 1. The third-order valence-electron chi connectivity index (χ3n) is 5.30. The quantitative estimate of drug-likeness (QED) is 0.811. The lowest BCUT2D eigenvalue weighted by atomic mass is 9.79. The van der Waals surface area contributed by atoms with Gasteiger partial charge in [-0.15, -0.1) is 0 Å². The van der Waals surface area contributed by atoms with Gasteiger partial charge in [0.2, 0.25) is 5.91 Å². The molecule has 2 saturated carbocycles. The second kappa shape index (κ2) is 8.02. The van der Waals surface area contributed by atoms with Crippen LogP contribution in [0.25, 0.3) is 0 Å². The zero-order chi connectivity index (χ0) is 14.4. The highest BCUT2D eigenvalue weighted by Crippen LogP contribution is 2.32. The van der Waals surface area contributed by atoms with E-state index in [2.05, 4.69) is 12.2 Å². The smallest absolute Gasteiger partial charge is 0.223 e. The molecule has 0 atom stereocenters. The molecule has 0 aromatic rings. The van der Waals surface area contributed by atoms with Gasteiger partial charge in [0.1, 0.15) is 0 Å². The fraction of sp³-hybridized carbons (Fsp3) is 0.941. The van der Waals surface area contributed by atoms with Crippen LogP contribution in [-0.2, 0) is 4.79 Å². The van der Waals surface area contributed by atoms with E-state index in [1.807, 2.05) is 0 Å². The van der Waals surface area contributed by atoms with Crippen molar-refractivity contribution < 1.29 is 4.79 Å².